The zero-order chi connectivity index (χ0) is 12.3. The van der Waals surface area contributed by atoms with Crippen molar-refractivity contribution in [3.63, 3.8) is 0 Å². The summed E-state index contributed by atoms with van der Waals surface area (Å²) in [7, 11) is 0. The summed E-state index contributed by atoms with van der Waals surface area (Å²) in [6.45, 7) is 10.7. The van der Waals surface area contributed by atoms with Gasteiger partial charge in [0.2, 0.25) is 0 Å². The molecule has 0 aliphatic carbocycles. The molecule has 0 amide bonds. The lowest BCUT2D eigenvalue weighted by Gasteiger charge is -2.28. The van der Waals surface area contributed by atoms with E-state index >= 15 is 0 Å². The van der Waals surface area contributed by atoms with Gasteiger partial charge in [0.1, 0.15) is 17.5 Å². The van der Waals surface area contributed by atoms with Gasteiger partial charge in [0, 0.05) is 18.5 Å². The lowest BCUT2D eigenvalue weighted by atomic mass is 9.88. The highest BCUT2D eigenvalue weighted by atomic mass is 15.1. The molecule has 4 nitrogen and oxygen atoms in total. The molecule has 3 N–H and O–H groups in total. The molecule has 0 saturated carbocycles. The van der Waals surface area contributed by atoms with Gasteiger partial charge < -0.3 is 11.1 Å². The van der Waals surface area contributed by atoms with Crippen molar-refractivity contribution in [2.24, 2.45) is 5.41 Å². The van der Waals surface area contributed by atoms with E-state index in [-0.39, 0.29) is 5.41 Å². The Bertz CT molecular complexity index is 355. The molecule has 0 bridgehead atoms. The molecule has 1 rings (SSSR count). The normalized spacial score (nSPS) is 13.6. The molecule has 0 aliphatic rings. The van der Waals surface area contributed by atoms with Crippen molar-refractivity contribution in [2.45, 2.75) is 47.1 Å². The van der Waals surface area contributed by atoms with Crippen LogP contribution in [-0.4, -0.2) is 16.0 Å². The second-order valence-corrected chi connectivity index (χ2v) is 5.18. The molecule has 16 heavy (non-hydrogen) atoms. The van der Waals surface area contributed by atoms with Crippen LogP contribution < -0.4 is 11.1 Å². The Hall–Kier alpha value is -1.32. The molecule has 0 radical (unpaired) electrons. The summed E-state index contributed by atoms with van der Waals surface area (Å²) in [4.78, 5) is 8.55. The number of nitrogens with one attached hydrogen (secondary N) is 1. The highest BCUT2D eigenvalue weighted by Crippen LogP contribution is 2.22. The first kappa shape index (κ1) is 12.7. The van der Waals surface area contributed by atoms with Crippen LogP contribution >= 0.6 is 0 Å². The predicted octanol–water partition coefficient (Wildman–Crippen LogP) is 2.47. The molecule has 1 heterocycles. The van der Waals surface area contributed by atoms with Crippen LogP contribution in [0, 0.1) is 5.41 Å². The van der Waals surface area contributed by atoms with Gasteiger partial charge in [-0.15, -0.1) is 0 Å². The number of aromatic nitrogens is 2. The molecule has 0 fully saturated rings. The zero-order valence-corrected chi connectivity index (χ0v) is 10.8. The van der Waals surface area contributed by atoms with E-state index in [0.29, 0.717) is 11.9 Å². The van der Waals surface area contributed by atoms with Gasteiger partial charge in [0.05, 0.1) is 0 Å². The van der Waals surface area contributed by atoms with E-state index in [4.69, 9.17) is 5.73 Å². The Morgan fingerprint density at radius 1 is 1.38 bits per heavy atom. The van der Waals surface area contributed by atoms with Gasteiger partial charge in [-0.05, 0) is 12.3 Å². The van der Waals surface area contributed by atoms with Gasteiger partial charge in [-0.2, -0.15) is 0 Å². The monoisotopic (exact) mass is 222 g/mol. The molecule has 1 unspecified atom stereocenters. The van der Waals surface area contributed by atoms with E-state index in [9.17, 15) is 0 Å². The lowest BCUT2D eigenvalue weighted by Crippen LogP contribution is -2.31. The summed E-state index contributed by atoms with van der Waals surface area (Å²) in [5, 5.41) is 3.37. The van der Waals surface area contributed by atoms with E-state index < -0.39 is 0 Å². The van der Waals surface area contributed by atoms with Crippen LogP contribution in [0.25, 0.3) is 0 Å². The molecule has 1 aromatic rings. The second-order valence-electron chi connectivity index (χ2n) is 5.18. The molecule has 1 atom stereocenters. The van der Waals surface area contributed by atoms with E-state index in [2.05, 4.69) is 43.0 Å². The SMILES string of the molecule is CCc1nc(N)cc(NC(C)C(C)(C)C)n1. The molecule has 4 heteroatoms. The Morgan fingerprint density at radius 3 is 2.50 bits per heavy atom. The third-order valence-corrected chi connectivity index (χ3v) is 2.77. The predicted molar refractivity (Wildman–Crippen MR) is 68.4 cm³/mol. The third kappa shape index (κ3) is 3.36. The highest BCUT2D eigenvalue weighted by molar-refractivity contribution is 5.45. The summed E-state index contributed by atoms with van der Waals surface area (Å²) in [5.41, 5.74) is 5.92. The van der Waals surface area contributed by atoms with Crippen LogP contribution in [0.3, 0.4) is 0 Å². The fraction of sp³-hybridized carbons (Fsp3) is 0.667. The summed E-state index contributed by atoms with van der Waals surface area (Å²) in [5.74, 6) is 2.12. The Labute approximate surface area is 97.7 Å². The number of nitrogen functional groups attached to an aromatic ring is 1. The molecule has 0 saturated heterocycles. The lowest BCUT2D eigenvalue weighted by molar-refractivity contribution is 0.358. The van der Waals surface area contributed by atoms with E-state index in [1.807, 2.05) is 6.92 Å². The summed E-state index contributed by atoms with van der Waals surface area (Å²) in [6.07, 6.45) is 0.795. The maximum absolute atomic E-state index is 5.73. The number of hydrogen-bond acceptors (Lipinski definition) is 4. The number of nitrogens with two attached hydrogens (primary N) is 1. The first-order valence-corrected chi connectivity index (χ1v) is 5.73. The van der Waals surface area contributed by atoms with Crippen LogP contribution in [0.1, 0.15) is 40.4 Å². The Kier molecular flexibility index (Phi) is 3.73. The summed E-state index contributed by atoms with van der Waals surface area (Å²) < 4.78 is 0. The summed E-state index contributed by atoms with van der Waals surface area (Å²) >= 11 is 0. The quantitative estimate of drug-likeness (QED) is 0.824. The van der Waals surface area contributed by atoms with Gasteiger partial charge in [-0.1, -0.05) is 27.7 Å². The number of rotatable bonds is 3. The number of nitrogens with zero attached hydrogens (tertiary/aromatic N) is 2. The minimum Gasteiger partial charge on any atom is -0.384 e. The van der Waals surface area contributed by atoms with Crippen molar-refractivity contribution in [1.82, 2.24) is 9.97 Å². The number of hydrogen-bond donors (Lipinski definition) is 2. The molecule has 90 valence electrons. The largest absolute Gasteiger partial charge is 0.384 e. The Morgan fingerprint density at radius 2 is 2.00 bits per heavy atom. The minimum atomic E-state index is 0.187. The average molecular weight is 222 g/mol. The van der Waals surface area contributed by atoms with E-state index in [1.165, 1.54) is 0 Å². The highest BCUT2D eigenvalue weighted by Gasteiger charge is 2.20. The van der Waals surface area contributed by atoms with Gasteiger partial charge in [-0.3, -0.25) is 0 Å². The van der Waals surface area contributed by atoms with Crippen molar-refractivity contribution < 1.29 is 0 Å². The maximum atomic E-state index is 5.73. The second kappa shape index (κ2) is 4.68. The first-order chi connectivity index (χ1) is 7.32. The number of anilines is 2. The number of aryl methyl sites for hydroxylation is 1. The maximum Gasteiger partial charge on any atom is 0.132 e. The third-order valence-electron chi connectivity index (χ3n) is 2.77. The molecular formula is C12H22N4. The molecule has 1 aromatic heterocycles. The molecule has 0 aromatic carbocycles. The van der Waals surface area contributed by atoms with Crippen molar-refractivity contribution in [2.75, 3.05) is 11.1 Å². The first-order valence-electron chi connectivity index (χ1n) is 5.73. The van der Waals surface area contributed by atoms with Gasteiger partial charge >= 0.3 is 0 Å². The van der Waals surface area contributed by atoms with Crippen molar-refractivity contribution in [3.8, 4) is 0 Å². The standard InChI is InChI=1S/C12H22N4/c1-6-10-15-9(13)7-11(16-10)14-8(2)12(3,4)5/h7-8H,6H2,1-5H3,(H3,13,14,15,16). The van der Waals surface area contributed by atoms with Gasteiger partial charge in [0.25, 0.3) is 0 Å². The van der Waals surface area contributed by atoms with Crippen LogP contribution in [0.2, 0.25) is 0 Å². The van der Waals surface area contributed by atoms with Crippen LogP contribution in [0.5, 0.6) is 0 Å². The Balaban J connectivity index is 2.85. The molecule has 0 spiro atoms. The molecular weight excluding hydrogens is 200 g/mol. The van der Waals surface area contributed by atoms with E-state index in [1.54, 1.807) is 6.07 Å². The van der Waals surface area contributed by atoms with Crippen molar-refractivity contribution in [1.29, 1.82) is 0 Å². The zero-order valence-electron chi connectivity index (χ0n) is 10.8. The fourth-order valence-electron chi connectivity index (χ4n) is 1.19. The van der Waals surface area contributed by atoms with Crippen LogP contribution in [0.4, 0.5) is 11.6 Å². The molecule has 0 aliphatic heterocycles. The summed E-state index contributed by atoms with van der Waals surface area (Å²) in [6, 6.07) is 2.10. The van der Waals surface area contributed by atoms with Crippen molar-refractivity contribution >= 4 is 11.6 Å². The van der Waals surface area contributed by atoms with Crippen LogP contribution in [-0.2, 0) is 6.42 Å². The topological polar surface area (TPSA) is 63.8 Å². The smallest absolute Gasteiger partial charge is 0.132 e. The van der Waals surface area contributed by atoms with Gasteiger partial charge in [0.15, 0.2) is 0 Å². The van der Waals surface area contributed by atoms with Crippen molar-refractivity contribution in [3.05, 3.63) is 11.9 Å². The fourth-order valence-corrected chi connectivity index (χ4v) is 1.19. The van der Waals surface area contributed by atoms with E-state index in [0.717, 1.165) is 18.1 Å². The average Bonchev–Trinajstić information content (AvgIpc) is 2.15. The van der Waals surface area contributed by atoms with Crippen LogP contribution in [0.15, 0.2) is 6.07 Å². The minimum absolute atomic E-state index is 0.187. The van der Waals surface area contributed by atoms with Gasteiger partial charge in [-0.25, -0.2) is 9.97 Å².